The van der Waals surface area contributed by atoms with Crippen molar-refractivity contribution in [2.75, 3.05) is 13.6 Å². The lowest BCUT2D eigenvalue weighted by Gasteiger charge is -2.06. The molecule has 0 aliphatic rings. The molecule has 3 N–H and O–H groups in total. The Morgan fingerprint density at radius 1 is 1.62 bits per heavy atom. The van der Waals surface area contributed by atoms with Gasteiger partial charge in [-0.2, -0.15) is 0 Å². The molecule has 0 radical (unpaired) electrons. The minimum Gasteiger partial charge on any atom is -0.330 e. The van der Waals surface area contributed by atoms with E-state index in [1.807, 2.05) is 7.05 Å². The molecule has 0 heterocycles. The number of hydrogen-bond acceptors (Lipinski definition) is 2. The Hall–Kier alpha value is -0.0800. The summed E-state index contributed by atoms with van der Waals surface area (Å²) in [4.78, 5) is 0. The van der Waals surface area contributed by atoms with Crippen LogP contribution < -0.4 is 11.1 Å². The molecule has 0 saturated heterocycles. The third-order valence-electron chi connectivity index (χ3n) is 1.33. The fraction of sp³-hybridized carbons (Fsp3) is 1.00. The van der Waals surface area contributed by atoms with E-state index >= 15 is 0 Å². The van der Waals surface area contributed by atoms with Crippen LogP contribution >= 0.6 is 0 Å². The lowest BCUT2D eigenvalue weighted by Crippen LogP contribution is -2.21. The zero-order valence-electron chi connectivity index (χ0n) is 5.78. The summed E-state index contributed by atoms with van der Waals surface area (Å²) in [6.45, 7) is 2.97. The van der Waals surface area contributed by atoms with Crippen molar-refractivity contribution in [3.63, 3.8) is 0 Å². The van der Waals surface area contributed by atoms with Crippen molar-refractivity contribution in [1.29, 1.82) is 0 Å². The van der Waals surface area contributed by atoms with Crippen LogP contribution in [0.1, 0.15) is 19.8 Å². The Kier molecular flexibility index (Phi) is 5.01. The highest BCUT2D eigenvalue weighted by molar-refractivity contribution is 4.55. The lowest BCUT2D eigenvalue weighted by atomic mass is 10.2. The topological polar surface area (TPSA) is 38.0 Å². The van der Waals surface area contributed by atoms with E-state index in [0.29, 0.717) is 6.04 Å². The number of rotatable bonds is 4. The molecular formula is C6H16N2. The molecule has 0 aliphatic heterocycles. The first-order valence-corrected chi connectivity index (χ1v) is 3.18. The molecule has 0 aromatic carbocycles. The van der Waals surface area contributed by atoms with Crippen molar-refractivity contribution in [2.45, 2.75) is 25.8 Å². The van der Waals surface area contributed by atoms with E-state index in [1.165, 1.54) is 6.42 Å². The van der Waals surface area contributed by atoms with E-state index < -0.39 is 0 Å². The SMILES string of the molecule is CN[C@@H](C)CCCN. The molecule has 8 heavy (non-hydrogen) atoms. The highest BCUT2D eigenvalue weighted by Crippen LogP contribution is 1.91. The predicted octanol–water partition coefficient (Wildman–Crippen LogP) is 0.333. The molecule has 0 aromatic rings. The van der Waals surface area contributed by atoms with Gasteiger partial charge in [0.05, 0.1) is 0 Å². The molecule has 0 aromatic heterocycles. The average Bonchev–Trinajstić information content (AvgIpc) is 1.83. The Balaban J connectivity index is 2.86. The third-order valence-corrected chi connectivity index (χ3v) is 1.33. The zero-order chi connectivity index (χ0) is 6.41. The summed E-state index contributed by atoms with van der Waals surface area (Å²) in [6.07, 6.45) is 2.31. The molecule has 2 heteroatoms. The molecule has 0 rings (SSSR count). The van der Waals surface area contributed by atoms with Crippen LogP contribution in [0.25, 0.3) is 0 Å². The second-order valence-electron chi connectivity index (χ2n) is 2.12. The van der Waals surface area contributed by atoms with E-state index in [2.05, 4.69) is 12.2 Å². The van der Waals surface area contributed by atoms with Gasteiger partial charge in [0.25, 0.3) is 0 Å². The van der Waals surface area contributed by atoms with Crippen molar-refractivity contribution in [1.82, 2.24) is 5.32 Å². The summed E-state index contributed by atoms with van der Waals surface area (Å²) in [5.41, 5.74) is 5.30. The van der Waals surface area contributed by atoms with Crippen LogP contribution in [0, 0.1) is 0 Å². The van der Waals surface area contributed by atoms with Crippen LogP contribution in [0.15, 0.2) is 0 Å². The molecule has 0 fully saturated rings. The summed E-state index contributed by atoms with van der Waals surface area (Å²) >= 11 is 0. The minimum atomic E-state index is 0.624. The first-order chi connectivity index (χ1) is 3.81. The summed E-state index contributed by atoms with van der Waals surface area (Å²) in [6, 6.07) is 0.624. The van der Waals surface area contributed by atoms with Gasteiger partial charge in [-0.05, 0) is 33.4 Å². The smallest absolute Gasteiger partial charge is 0.00361 e. The summed E-state index contributed by atoms with van der Waals surface area (Å²) in [7, 11) is 1.97. The maximum Gasteiger partial charge on any atom is 0.00361 e. The fourth-order valence-electron chi connectivity index (χ4n) is 0.568. The van der Waals surface area contributed by atoms with Crippen LogP contribution in [0.4, 0.5) is 0 Å². The summed E-state index contributed by atoms with van der Waals surface area (Å²) in [5, 5.41) is 3.14. The molecule has 0 bridgehead atoms. The van der Waals surface area contributed by atoms with Crippen molar-refractivity contribution in [3.8, 4) is 0 Å². The molecular weight excluding hydrogens is 100 g/mol. The van der Waals surface area contributed by atoms with Gasteiger partial charge in [0.15, 0.2) is 0 Å². The quantitative estimate of drug-likeness (QED) is 0.555. The van der Waals surface area contributed by atoms with Crippen molar-refractivity contribution >= 4 is 0 Å². The van der Waals surface area contributed by atoms with E-state index in [9.17, 15) is 0 Å². The van der Waals surface area contributed by atoms with Crippen molar-refractivity contribution in [2.24, 2.45) is 5.73 Å². The van der Waals surface area contributed by atoms with Gasteiger partial charge in [-0.15, -0.1) is 0 Å². The highest BCUT2D eigenvalue weighted by Gasteiger charge is 1.93. The second kappa shape index (κ2) is 5.06. The molecule has 0 unspecified atom stereocenters. The van der Waals surface area contributed by atoms with Gasteiger partial charge in [0.1, 0.15) is 0 Å². The van der Waals surface area contributed by atoms with Crippen LogP contribution in [-0.2, 0) is 0 Å². The Bertz CT molecular complexity index is 45.8. The number of nitrogens with two attached hydrogens (primary N) is 1. The van der Waals surface area contributed by atoms with E-state index in [0.717, 1.165) is 13.0 Å². The van der Waals surface area contributed by atoms with Crippen LogP contribution in [0.5, 0.6) is 0 Å². The molecule has 50 valence electrons. The Morgan fingerprint density at radius 2 is 2.25 bits per heavy atom. The molecule has 1 atom stereocenters. The summed E-state index contributed by atoms with van der Waals surface area (Å²) in [5.74, 6) is 0. The van der Waals surface area contributed by atoms with Crippen LogP contribution in [-0.4, -0.2) is 19.6 Å². The predicted molar refractivity (Wildman–Crippen MR) is 36.8 cm³/mol. The molecule has 0 spiro atoms. The van der Waals surface area contributed by atoms with Gasteiger partial charge in [-0.25, -0.2) is 0 Å². The van der Waals surface area contributed by atoms with E-state index in [4.69, 9.17) is 5.73 Å². The highest BCUT2D eigenvalue weighted by atomic mass is 14.8. The van der Waals surface area contributed by atoms with Crippen molar-refractivity contribution in [3.05, 3.63) is 0 Å². The van der Waals surface area contributed by atoms with E-state index in [-0.39, 0.29) is 0 Å². The molecule has 2 nitrogen and oxygen atoms in total. The van der Waals surface area contributed by atoms with E-state index in [1.54, 1.807) is 0 Å². The van der Waals surface area contributed by atoms with Gasteiger partial charge >= 0.3 is 0 Å². The molecule has 0 aliphatic carbocycles. The second-order valence-corrected chi connectivity index (χ2v) is 2.12. The minimum absolute atomic E-state index is 0.624. The zero-order valence-corrected chi connectivity index (χ0v) is 5.78. The normalized spacial score (nSPS) is 13.9. The van der Waals surface area contributed by atoms with Gasteiger partial charge in [-0.1, -0.05) is 0 Å². The maximum absolute atomic E-state index is 5.30. The van der Waals surface area contributed by atoms with Gasteiger partial charge in [0.2, 0.25) is 0 Å². The van der Waals surface area contributed by atoms with Gasteiger partial charge < -0.3 is 11.1 Å². The fourth-order valence-corrected chi connectivity index (χ4v) is 0.568. The standard InChI is InChI=1S/C6H16N2/c1-6(8-2)4-3-5-7/h6,8H,3-5,7H2,1-2H3/t6-/m0/s1. The maximum atomic E-state index is 5.30. The van der Waals surface area contributed by atoms with Gasteiger partial charge in [0, 0.05) is 6.04 Å². The first kappa shape index (κ1) is 7.92. The van der Waals surface area contributed by atoms with Gasteiger partial charge in [-0.3, -0.25) is 0 Å². The monoisotopic (exact) mass is 116 g/mol. The van der Waals surface area contributed by atoms with Crippen LogP contribution in [0.3, 0.4) is 0 Å². The largest absolute Gasteiger partial charge is 0.330 e. The number of hydrogen-bond donors (Lipinski definition) is 2. The number of nitrogens with one attached hydrogen (secondary N) is 1. The van der Waals surface area contributed by atoms with Crippen molar-refractivity contribution < 1.29 is 0 Å². The first-order valence-electron chi connectivity index (χ1n) is 3.18. The molecule has 0 amide bonds. The summed E-state index contributed by atoms with van der Waals surface area (Å²) < 4.78 is 0. The average molecular weight is 116 g/mol. The lowest BCUT2D eigenvalue weighted by molar-refractivity contribution is 0.546. The molecule has 0 saturated carbocycles. The Morgan fingerprint density at radius 3 is 2.62 bits per heavy atom. The third kappa shape index (κ3) is 4.09. The van der Waals surface area contributed by atoms with Crippen LogP contribution in [0.2, 0.25) is 0 Å². The Labute approximate surface area is 51.5 Å².